The van der Waals surface area contributed by atoms with Gasteiger partial charge in [-0.1, -0.05) is 30.3 Å². The number of halogens is 2. The van der Waals surface area contributed by atoms with Crippen molar-refractivity contribution in [2.45, 2.75) is 45.2 Å². The summed E-state index contributed by atoms with van der Waals surface area (Å²) in [6, 6.07) is 14.7. The Kier molecular flexibility index (Phi) is 5.66. The maximum Gasteiger partial charge on any atom is 0.264 e. The van der Waals surface area contributed by atoms with Gasteiger partial charge in [0.2, 0.25) is 5.91 Å². The van der Waals surface area contributed by atoms with Gasteiger partial charge >= 0.3 is 0 Å². The number of benzene rings is 1. The highest BCUT2D eigenvalue weighted by molar-refractivity contribution is 5.86. The van der Waals surface area contributed by atoms with Crippen molar-refractivity contribution in [3.05, 3.63) is 71.6 Å². The fourth-order valence-corrected chi connectivity index (χ4v) is 4.69. The number of fused-ring (bicyclic) bond motifs is 1. The molecule has 1 aliphatic heterocycles. The summed E-state index contributed by atoms with van der Waals surface area (Å²) in [7, 11) is 0. The molecule has 3 aromatic heterocycles. The van der Waals surface area contributed by atoms with Crippen molar-refractivity contribution in [2.24, 2.45) is 0 Å². The number of pyridine rings is 1. The average Bonchev–Trinajstić information content (AvgIpc) is 3.48. The molecule has 1 atom stereocenters. The van der Waals surface area contributed by atoms with Crippen LogP contribution in [-0.2, 0) is 11.3 Å². The standard InChI is InChI=1S/C25H24F2N4O2/c1-16-23-18(24(26)27)14-19(21-11-7-13-33-21)28-25(23)31(29-16)15-22(32)30-12-6-5-10-20(30)17-8-3-2-4-9-17/h2-4,7-9,11,13-14,20,24H,5-6,10,12,15H2,1H3. The van der Waals surface area contributed by atoms with Gasteiger partial charge < -0.3 is 9.32 Å². The quantitative estimate of drug-likeness (QED) is 0.392. The van der Waals surface area contributed by atoms with E-state index in [1.165, 1.54) is 17.0 Å². The number of likely N-dealkylation sites (tertiary alicyclic amines) is 1. The van der Waals surface area contributed by atoms with Crippen molar-refractivity contribution in [1.29, 1.82) is 0 Å². The second-order valence-corrected chi connectivity index (χ2v) is 8.33. The lowest BCUT2D eigenvalue weighted by atomic mass is 9.95. The Hall–Kier alpha value is -3.55. The van der Waals surface area contributed by atoms with Crippen LogP contribution in [0.25, 0.3) is 22.5 Å². The van der Waals surface area contributed by atoms with Crippen LogP contribution in [-0.4, -0.2) is 32.1 Å². The molecular weight excluding hydrogens is 426 g/mol. The molecule has 0 spiro atoms. The first kappa shape index (κ1) is 21.3. The normalized spacial score (nSPS) is 16.6. The molecule has 4 heterocycles. The van der Waals surface area contributed by atoms with Gasteiger partial charge in [-0.2, -0.15) is 5.10 Å². The number of hydrogen-bond donors (Lipinski definition) is 0. The lowest BCUT2D eigenvalue weighted by Crippen LogP contribution is -2.40. The number of amides is 1. The van der Waals surface area contributed by atoms with E-state index in [1.54, 1.807) is 19.1 Å². The summed E-state index contributed by atoms with van der Waals surface area (Å²) in [5.41, 5.74) is 1.91. The molecule has 0 bridgehead atoms. The second kappa shape index (κ2) is 8.77. The zero-order valence-electron chi connectivity index (χ0n) is 18.2. The van der Waals surface area contributed by atoms with Gasteiger partial charge in [0.15, 0.2) is 11.4 Å². The van der Waals surface area contributed by atoms with E-state index in [2.05, 4.69) is 10.1 Å². The first-order chi connectivity index (χ1) is 16.0. The Balaban J connectivity index is 1.52. The number of aromatic nitrogens is 3. The van der Waals surface area contributed by atoms with E-state index < -0.39 is 6.43 Å². The van der Waals surface area contributed by atoms with Gasteiger partial charge in [0.25, 0.3) is 6.43 Å². The minimum Gasteiger partial charge on any atom is -0.463 e. The first-order valence-corrected chi connectivity index (χ1v) is 11.1. The molecule has 1 amide bonds. The summed E-state index contributed by atoms with van der Waals surface area (Å²) in [6.45, 7) is 2.26. The molecule has 33 heavy (non-hydrogen) atoms. The van der Waals surface area contributed by atoms with Gasteiger partial charge in [-0.25, -0.2) is 18.4 Å². The molecule has 0 aliphatic carbocycles. The van der Waals surface area contributed by atoms with Crippen LogP contribution in [0, 0.1) is 6.92 Å². The van der Waals surface area contributed by atoms with E-state index in [9.17, 15) is 13.6 Å². The molecule has 8 heteroatoms. The lowest BCUT2D eigenvalue weighted by Gasteiger charge is -2.36. The summed E-state index contributed by atoms with van der Waals surface area (Å²) in [5, 5.41) is 4.71. The molecule has 5 rings (SSSR count). The largest absolute Gasteiger partial charge is 0.463 e. The van der Waals surface area contributed by atoms with Crippen molar-refractivity contribution >= 4 is 16.9 Å². The van der Waals surface area contributed by atoms with Gasteiger partial charge in [0.05, 0.1) is 23.4 Å². The van der Waals surface area contributed by atoms with Crippen molar-refractivity contribution in [3.8, 4) is 11.5 Å². The van der Waals surface area contributed by atoms with Gasteiger partial charge in [-0.05, 0) is 49.9 Å². The number of carbonyl (C=O) groups excluding carboxylic acids is 1. The zero-order valence-corrected chi connectivity index (χ0v) is 18.2. The molecule has 1 saturated heterocycles. The highest BCUT2D eigenvalue weighted by Crippen LogP contribution is 2.34. The molecule has 1 aliphatic rings. The first-order valence-electron chi connectivity index (χ1n) is 11.1. The molecule has 0 radical (unpaired) electrons. The predicted molar refractivity (Wildman–Crippen MR) is 120 cm³/mol. The monoisotopic (exact) mass is 450 g/mol. The predicted octanol–water partition coefficient (Wildman–Crippen LogP) is 5.69. The number of nitrogens with zero attached hydrogens (tertiary/aromatic N) is 4. The van der Waals surface area contributed by atoms with Crippen LogP contribution in [0.5, 0.6) is 0 Å². The highest BCUT2D eigenvalue weighted by atomic mass is 19.3. The number of hydrogen-bond acceptors (Lipinski definition) is 4. The van der Waals surface area contributed by atoms with Crippen molar-refractivity contribution in [1.82, 2.24) is 19.7 Å². The Labute approximate surface area is 189 Å². The molecule has 170 valence electrons. The zero-order chi connectivity index (χ0) is 22.9. The number of piperidine rings is 1. The summed E-state index contributed by atoms with van der Waals surface area (Å²) in [4.78, 5) is 19.8. The summed E-state index contributed by atoms with van der Waals surface area (Å²) in [5.74, 6) is 0.285. The van der Waals surface area contributed by atoms with E-state index >= 15 is 0 Å². The minimum absolute atomic E-state index is 0.00126. The van der Waals surface area contributed by atoms with Gasteiger partial charge in [-0.15, -0.1) is 0 Å². The highest BCUT2D eigenvalue weighted by Gasteiger charge is 2.29. The van der Waals surface area contributed by atoms with E-state index in [0.717, 1.165) is 24.8 Å². The van der Waals surface area contributed by atoms with Crippen LogP contribution < -0.4 is 0 Å². The number of alkyl halides is 2. The average molecular weight is 450 g/mol. The van der Waals surface area contributed by atoms with Gasteiger partial charge in [0.1, 0.15) is 12.2 Å². The Bertz CT molecular complexity index is 1270. The molecule has 0 saturated carbocycles. The third-order valence-electron chi connectivity index (χ3n) is 6.21. The van der Waals surface area contributed by atoms with E-state index in [1.807, 2.05) is 35.2 Å². The smallest absolute Gasteiger partial charge is 0.264 e. The Morgan fingerprint density at radius 1 is 1.18 bits per heavy atom. The molecule has 1 fully saturated rings. The van der Waals surface area contributed by atoms with Crippen molar-refractivity contribution in [3.63, 3.8) is 0 Å². The fourth-order valence-electron chi connectivity index (χ4n) is 4.69. The van der Waals surface area contributed by atoms with Crippen LogP contribution >= 0.6 is 0 Å². The SMILES string of the molecule is Cc1nn(CC(=O)N2CCCCC2c2ccccc2)c2nc(-c3ccco3)cc(C(F)F)c12. The Morgan fingerprint density at radius 2 is 2.00 bits per heavy atom. The third-order valence-corrected chi connectivity index (χ3v) is 6.21. The minimum atomic E-state index is -2.71. The van der Waals surface area contributed by atoms with Crippen LogP contribution in [0.15, 0.2) is 59.2 Å². The van der Waals surface area contributed by atoms with Crippen molar-refractivity contribution < 1.29 is 18.0 Å². The molecule has 4 aromatic rings. The number of rotatable bonds is 5. The van der Waals surface area contributed by atoms with E-state index in [0.29, 0.717) is 18.0 Å². The number of aryl methyl sites for hydroxylation is 1. The maximum absolute atomic E-state index is 13.9. The third kappa shape index (κ3) is 4.01. The van der Waals surface area contributed by atoms with E-state index in [4.69, 9.17) is 4.42 Å². The second-order valence-electron chi connectivity index (χ2n) is 8.33. The van der Waals surface area contributed by atoms with Crippen LogP contribution in [0.2, 0.25) is 0 Å². The summed E-state index contributed by atoms with van der Waals surface area (Å²) >= 11 is 0. The maximum atomic E-state index is 13.9. The van der Waals surface area contributed by atoms with Crippen molar-refractivity contribution in [2.75, 3.05) is 6.54 Å². The topological polar surface area (TPSA) is 64.2 Å². The summed E-state index contributed by atoms with van der Waals surface area (Å²) in [6.07, 6.45) is 1.64. The van der Waals surface area contributed by atoms with Crippen LogP contribution in [0.3, 0.4) is 0 Å². The lowest BCUT2D eigenvalue weighted by molar-refractivity contribution is -0.135. The molecule has 0 N–H and O–H groups in total. The molecule has 1 aromatic carbocycles. The van der Waals surface area contributed by atoms with Gasteiger partial charge in [-0.3, -0.25) is 4.79 Å². The van der Waals surface area contributed by atoms with Gasteiger partial charge in [0, 0.05) is 12.1 Å². The molecule has 6 nitrogen and oxygen atoms in total. The number of furan rings is 1. The Morgan fingerprint density at radius 3 is 2.73 bits per heavy atom. The van der Waals surface area contributed by atoms with E-state index in [-0.39, 0.29) is 40.8 Å². The summed E-state index contributed by atoms with van der Waals surface area (Å²) < 4.78 is 34.7. The molecule has 1 unspecified atom stereocenters. The van der Waals surface area contributed by atoms with Crippen LogP contribution in [0.1, 0.15) is 48.6 Å². The van der Waals surface area contributed by atoms with Crippen LogP contribution in [0.4, 0.5) is 8.78 Å². The molecular formula is C25H24F2N4O2. The number of carbonyl (C=O) groups is 1. The fraction of sp³-hybridized carbons (Fsp3) is 0.320.